The number of benzene rings is 1. The molecule has 0 aliphatic carbocycles. The number of amides is 2. The Balaban J connectivity index is 1.71. The van der Waals surface area contributed by atoms with Gasteiger partial charge in [0.15, 0.2) is 0 Å². The smallest absolute Gasteiger partial charge is 0.416 e. The first-order valence-electron chi connectivity index (χ1n) is 8.06. The summed E-state index contributed by atoms with van der Waals surface area (Å²) in [5.41, 5.74) is 1.35. The van der Waals surface area contributed by atoms with Gasteiger partial charge < -0.3 is 10.1 Å². The molecule has 1 aromatic heterocycles. The fraction of sp³-hybridized carbons (Fsp3) is 0.235. The largest absolute Gasteiger partial charge is 0.417 e. The van der Waals surface area contributed by atoms with Crippen LogP contribution in [0, 0.1) is 5.41 Å². The Labute approximate surface area is 165 Å². The van der Waals surface area contributed by atoms with Crippen LogP contribution >= 0.6 is 11.3 Å². The summed E-state index contributed by atoms with van der Waals surface area (Å²) in [6, 6.07) is 7.26. The Morgan fingerprint density at radius 3 is 2.50 bits per heavy atom. The summed E-state index contributed by atoms with van der Waals surface area (Å²) < 4.78 is 32.3. The molecule has 0 radical (unpaired) electrons. The van der Waals surface area contributed by atoms with Crippen molar-refractivity contribution in [3.05, 3.63) is 52.2 Å². The second-order valence-corrected chi connectivity index (χ2v) is 8.43. The quantitative estimate of drug-likeness (QED) is 0.431. The molecular weight excluding hydrogens is 406 g/mol. The summed E-state index contributed by atoms with van der Waals surface area (Å²) in [6.45, 7) is 1.60. The zero-order valence-corrected chi connectivity index (χ0v) is 16.5. The van der Waals surface area contributed by atoms with Crippen LogP contribution in [0.1, 0.15) is 22.8 Å². The van der Waals surface area contributed by atoms with E-state index in [2.05, 4.69) is 5.32 Å². The van der Waals surface area contributed by atoms with Gasteiger partial charge in [0.2, 0.25) is 6.29 Å². The molecule has 2 heterocycles. The van der Waals surface area contributed by atoms with Crippen molar-refractivity contribution < 1.29 is 26.9 Å². The number of anilines is 1. The molecule has 148 valence electrons. The summed E-state index contributed by atoms with van der Waals surface area (Å²) in [6.07, 6.45) is -1.11. The molecule has 0 spiro atoms. The van der Waals surface area contributed by atoms with Crippen molar-refractivity contribution in [3.8, 4) is 0 Å². The van der Waals surface area contributed by atoms with Crippen LogP contribution in [0.15, 0.2) is 41.1 Å². The molecule has 2 aromatic rings. The minimum atomic E-state index is -3.79. The van der Waals surface area contributed by atoms with Gasteiger partial charge in [0.05, 0.1) is 11.8 Å². The maximum Gasteiger partial charge on any atom is 0.417 e. The van der Waals surface area contributed by atoms with E-state index in [9.17, 15) is 18.0 Å². The highest BCUT2D eigenvalue weighted by atomic mass is 32.2. The number of cyclic esters (lactones) is 1. The van der Waals surface area contributed by atoms with Crippen LogP contribution < -0.4 is 10.2 Å². The van der Waals surface area contributed by atoms with E-state index in [0.29, 0.717) is 16.8 Å². The molecule has 11 heteroatoms. The second kappa shape index (κ2) is 7.70. The Hall–Kier alpha value is -2.76. The number of rotatable bonds is 5. The zero-order valence-electron chi connectivity index (χ0n) is 14.9. The molecular formula is C17H17N3O6S2. The third kappa shape index (κ3) is 4.38. The number of carbonyl (C=O) groups is 2. The number of hydrogen-bond donors (Lipinski definition) is 2. The first kappa shape index (κ1) is 20.0. The fourth-order valence-electron chi connectivity index (χ4n) is 2.60. The van der Waals surface area contributed by atoms with E-state index in [1.165, 1.54) is 16.2 Å². The Morgan fingerprint density at radius 2 is 1.93 bits per heavy atom. The van der Waals surface area contributed by atoms with Crippen LogP contribution in [-0.2, 0) is 19.0 Å². The molecule has 2 amide bonds. The Kier molecular flexibility index (Phi) is 5.49. The first-order chi connectivity index (χ1) is 13.2. The number of ether oxygens (including phenoxy) is 1. The fourth-order valence-corrected chi connectivity index (χ4v) is 3.78. The van der Waals surface area contributed by atoms with E-state index in [1.54, 1.807) is 48.0 Å². The standard InChI is InChI=1S/C17H17N3O6S2/c1-10-16(26-28(2,23)24)25-17(22)20(10)13-5-3-11(4-6-13)14(18)19-15(21)12-7-8-27-9-12/h3-10,16H,1-2H3,(H2,18,19,21). The normalized spacial score (nSPS) is 19.4. The molecule has 1 aliphatic heterocycles. The van der Waals surface area contributed by atoms with E-state index < -0.39 is 28.5 Å². The third-order valence-corrected chi connectivity index (χ3v) is 5.16. The van der Waals surface area contributed by atoms with Crippen molar-refractivity contribution in [1.29, 1.82) is 5.41 Å². The molecule has 0 saturated carbocycles. The van der Waals surface area contributed by atoms with E-state index in [4.69, 9.17) is 14.3 Å². The summed E-state index contributed by atoms with van der Waals surface area (Å²) in [5, 5.41) is 14.0. The van der Waals surface area contributed by atoms with Crippen LogP contribution in [-0.4, -0.2) is 44.8 Å². The first-order valence-corrected chi connectivity index (χ1v) is 10.8. The summed E-state index contributed by atoms with van der Waals surface area (Å²) in [4.78, 5) is 25.4. The van der Waals surface area contributed by atoms with Crippen LogP contribution in [0.25, 0.3) is 0 Å². The number of thiophene rings is 1. The molecule has 2 atom stereocenters. The highest BCUT2D eigenvalue weighted by molar-refractivity contribution is 7.86. The van der Waals surface area contributed by atoms with E-state index in [0.717, 1.165) is 6.26 Å². The second-order valence-electron chi connectivity index (χ2n) is 6.05. The van der Waals surface area contributed by atoms with Gasteiger partial charge in [-0.25, -0.2) is 8.98 Å². The van der Waals surface area contributed by atoms with Crippen LogP contribution in [0.3, 0.4) is 0 Å². The van der Waals surface area contributed by atoms with Gasteiger partial charge in [-0.1, -0.05) is 0 Å². The number of nitrogens with one attached hydrogen (secondary N) is 2. The molecule has 1 aliphatic rings. The summed E-state index contributed by atoms with van der Waals surface area (Å²) in [5.74, 6) is -0.467. The average molecular weight is 423 g/mol. The van der Waals surface area contributed by atoms with Gasteiger partial charge in [-0.15, -0.1) is 0 Å². The van der Waals surface area contributed by atoms with E-state index in [1.807, 2.05) is 0 Å². The molecule has 1 saturated heterocycles. The molecule has 1 aromatic carbocycles. The topological polar surface area (TPSA) is 126 Å². The Morgan fingerprint density at radius 1 is 1.25 bits per heavy atom. The monoisotopic (exact) mass is 423 g/mol. The van der Waals surface area contributed by atoms with Crippen LogP contribution in [0.4, 0.5) is 10.5 Å². The molecule has 2 N–H and O–H groups in total. The van der Waals surface area contributed by atoms with Gasteiger partial charge in [-0.3, -0.25) is 15.1 Å². The van der Waals surface area contributed by atoms with Crippen molar-refractivity contribution in [2.24, 2.45) is 0 Å². The van der Waals surface area contributed by atoms with Crippen molar-refractivity contribution in [2.45, 2.75) is 19.3 Å². The van der Waals surface area contributed by atoms with Crippen molar-refractivity contribution in [1.82, 2.24) is 5.32 Å². The van der Waals surface area contributed by atoms with Gasteiger partial charge in [-0.05, 0) is 42.6 Å². The maximum absolute atomic E-state index is 12.1. The summed E-state index contributed by atoms with van der Waals surface area (Å²) in [7, 11) is -3.79. The lowest BCUT2D eigenvalue weighted by Gasteiger charge is -2.20. The van der Waals surface area contributed by atoms with E-state index in [-0.39, 0.29) is 11.7 Å². The Bertz CT molecular complexity index is 1000. The number of carbonyl (C=O) groups excluding carboxylic acids is 2. The summed E-state index contributed by atoms with van der Waals surface area (Å²) >= 11 is 1.38. The van der Waals surface area contributed by atoms with Gasteiger partial charge >= 0.3 is 6.09 Å². The van der Waals surface area contributed by atoms with Crippen molar-refractivity contribution in [3.63, 3.8) is 0 Å². The number of hydrogen-bond acceptors (Lipinski definition) is 8. The van der Waals surface area contributed by atoms with Gasteiger partial charge in [-0.2, -0.15) is 19.8 Å². The third-order valence-electron chi connectivity index (χ3n) is 3.94. The SMILES string of the molecule is CC1C(OS(C)(=O)=O)OC(=O)N1c1ccc(C(=N)NC(=O)c2ccsc2)cc1. The molecule has 2 unspecified atom stereocenters. The number of nitrogens with zero attached hydrogens (tertiary/aromatic N) is 1. The minimum Gasteiger partial charge on any atom is -0.416 e. The van der Waals surface area contributed by atoms with Gasteiger partial charge in [0, 0.05) is 16.6 Å². The lowest BCUT2D eigenvalue weighted by Crippen LogP contribution is -2.36. The van der Waals surface area contributed by atoms with Crippen LogP contribution in [0.5, 0.6) is 0 Å². The molecule has 9 nitrogen and oxygen atoms in total. The predicted octanol–water partition coefficient (Wildman–Crippen LogP) is 2.15. The van der Waals surface area contributed by atoms with Gasteiger partial charge in [0.25, 0.3) is 16.0 Å². The van der Waals surface area contributed by atoms with Crippen LogP contribution in [0.2, 0.25) is 0 Å². The highest BCUT2D eigenvalue weighted by Gasteiger charge is 2.42. The molecule has 1 fully saturated rings. The molecule has 28 heavy (non-hydrogen) atoms. The number of amidine groups is 1. The molecule has 0 bridgehead atoms. The van der Waals surface area contributed by atoms with E-state index >= 15 is 0 Å². The van der Waals surface area contributed by atoms with Gasteiger partial charge in [0.1, 0.15) is 11.9 Å². The maximum atomic E-state index is 12.1. The lowest BCUT2D eigenvalue weighted by molar-refractivity contribution is -0.00472. The highest BCUT2D eigenvalue weighted by Crippen LogP contribution is 2.28. The van der Waals surface area contributed by atoms with Crippen molar-refractivity contribution >= 4 is 45.0 Å². The molecule has 3 rings (SSSR count). The minimum absolute atomic E-state index is 0.0851. The lowest BCUT2D eigenvalue weighted by atomic mass is 10.1. The predicted molar refractivity (Wildman–Crippen MR) is 103 cm³/mol. The van der Waals surface area contributed by atoms with Crippen molar-refractivity contribution in [2.75, 3.05) is 11.2 Å². The average Bonchev–Trinajstić information content (AvgIpc) is 3.23. The zero-order chi connectivity index (χ0) is 20.5.